The van der Waals surface area contributed by atoms with Crippen LogP contribution in [0.15, 0.2) is 29.1 Å². The fourth-order valence-corrected chi connectivity index (χ4v) is 4.25. The molecule has 0 bridgehead atoms. The number of nitrogens with one attached hydrogen (secondary N) is 2. The first-order valence-corrected chi connectivity index (χ1v) is 12.4. The van der Waals surface area contributed by atoms with Crippen molar-refractivity contribution in [2.24, 2.45) is 0 Å². The third kappa shape index (κ3) is 8.43. The Morgan fingerprint density at radius 1 is 1.24 bits per heavy atom. The summed E-state index contributed by atoms with van der Waals surface area (Å²) in [5.74, 6) is 0.338. The molecule has 0 amide bonds. The minimum atomic E-state index is -2.39. The normalized spacial score (nSPS) is 14.0. The van der Waals surface area contributed by atoms with Crippen molar-refractivity contribution in [3.63, 3.8) is 0 Å². The lowest BCUT2D eigenvalue weighted by atomic mass is 10.1. The number of carboxylic acids is 1. The van der Waals surface area contributed by atoms with E-state index in [1.54, 1.807) is 0 Å². The molecule has 0 aliphatic carbocycles. The van der Waals surface area contributed by atoms with Crippen molar-refractivity contribution < 1.29 is 18.7 Å². The Kier molecular flexibility index (Phi) is 10.4. The number of nitrogens with zero attached hydrogens (tertiary/aromatic N) is 4. The predicted molar refractivity (Wildman–Crippen MR) is 130 cm³/mol. The van der Waals surface area contributed by atoms with Crippen LogP contribution in [0.2, 0.25) is 0 Å². The van der Waals surface area contributed by atoms with Gasteiger partial charge in [0.1, 0.15) is 24.0 Å². The Morgan fingerprint density at radius 3 is 2.82 bits per heavy atom. The van der Waals surface area contributed by atoms with E-state index in [1.165, 1.54) is 18.1 Å². The summed E-state index contributed by atoms with van der Waals surface area (Å²) in [6, 6.07) is 3.30. The highest BCUT2D eigenvalue weighted by Gasteiger charge is 2.21. The summed E-state index contributed by atoms with van der Waals surface area (Å²) in [4.78, 5) is 26.3. The smallest absolute Gasteiger partial charge is 0.326 e. The number of carboxylic acid groups (broad SMARTS) is 1. The van der Waals surface area contributed by atoms with Gasteiger partial charge in [-0.2, -0.15) is 0 Å². The molecule has 3 heterocycles. The van der Waals surface area contributed by atoms with E-state index >= 15 is 0 Å². The van der Waals surface area contributed by atoms with Crippen molar-refractivity contribution in [1.82, 2.24) is 19.9 Å². The van der Waals surface area contributed by atoms with Crippen LogP contribution in [-0.2, 0) is 17.6 Å². The van der Waals surface area contributed by atoms with E-state index in [0.717, 1.165) is 50.2 Å². The number of unbranched alkanes of at least 4 members (excludes halogenated alkanes) is 1. The topological polar surface area (TPSA) is 103 Å². The molecule has 8 nitrogen and oxygen atoms in total. The van der Waals surface area contributed by atoms with Crippen LogP contribution in [0.3, 0.4) is 0 Å². The maximum absolute atomic E-state index is 12.8. The molecule has 3 rings (SSSR count). The Labute approximate surface area is 206 Å². The molecule has 3 N–H and O–H groups in total. The standard InChI is InChI=1S/C23H31BrF2N6O2/c24-18-14-27-15-29-22(18)31-19(23(33)34)8-12-32(13-9-20(25)26)11-2-1-5-17-7-6-16-4-3-10-28-21(16)30-17/h6-7,14-15,19-20H,1-5,8-13H2,(H,28,30)(H,33,34)(H,27,29,31). The third-order valence-corrected chi connectivity index (χ3v) is 6.36. The van der Waals surface area contributed by atoms with Crippen LogP contribution in [0.25, 0.3) is 0 Å². The molecule has 2 aromatic rings. The number of rotatable bonds is 14. The Morgan fingerprint density at radius 2 is 2.06 bits per heavy atom. The second-order valence-electron chi connectivity index (χ2n) is 8.36. The molecule has 0 radical (unpaired) electrons. The largest absolute Gasteiger partial charge is 0.480 e. The van der Waals surface area contributed by atoms with E-state index in [2.05, 4.69) is 48.7 Å². The molecule has 0 saturated heterocycles. The number of anilines is 2. The predicted octanol–water partition coefficient (Wildman–Crippen LogP) is 4.23. The summed E-state index contributed by atoms with van der Waals surface area (Å²) < 4.78 is 26.2. The van der Waals surface area contributed by atoms with E-state index in [-0.39, 0.29) is 19.4 Å². The summed E-state index contributed by atoms with van der Waals surface area (Å²) in [6.45, 7) is 2.19. The number of aryl methyl sites for hydroxylation is 2. The van der Waals surface area contributed by atoms with Crippen LogP contribution < -0.4 is 10.6 Å². The third-order valence-electron chi connectivity index (χ3n) is 5.78. The second kappa shape index (κ2) is 13.5. The molecule has 0 saturated carbocycles. The molecular weight excluding hydrogens is 510 g/mol. The van der Waals surface area contributed by atoms with Gasteiger partial charge in [-0.05, 0) is 72.6 Å². The number of carbonyl (C=O) groups is 1. The number of halogens is 3. The van der Waals surface area contributed by atoms with Gasteiger partial charge in [-0.25, -0.2) is 28.5 Å². The zero-order valence-electron chi connectivity index (χ0n) is 19.0. The maximum Gasteiger partial charge on any atom is 0.326 e. The zero-order chi connectivity index (χ0) is 24.3. The van der Waals surface area contributed by atoms with Crippen molar-refractivity contribution in [3.8, 4) is 0 Å². The number of hydrogen-bond acceptors (Lipinski definition) is 7. The van der Waals surface area contributed by atoms with Gasteiger partial charge in [-0.1, -0.05) is 6.07 Å². The average Bonchev–Trinajstić information content (AvgIpc) is 2.82. The number of fused-ring (bicyclic) bond motifs is 1. The monoisotopic (exact) mass is 540 g/mol. The van der Waals surface area contributed by atoms with Crippen LogP contribution in [0.1, 0.15) is 43.4 Å². The SMILES string of the molecule is O=C(O)C(CCN(CCCCc1ccc2c(n1)NCCC2)CCC(F)F)Nc1ncncc1Br. The van der Waals surface area contributed by atoms with Gasteiger partial charge in [0, 0.05) is 37.9 Å². The number of alkyl halides is 2. The minimum absolute atomic E-state index is 0.224. The van der Waals surface area contributed by atoms with Gasteiger partial charge in [0.05, 0.1) is 4.47 Å². The Balaban J connectivity index is 1.49. The highest BCUT2D eigenvalue weighted by atomic mass is 79.9. The van der Waals surface area contributed by atoms with E-state index in [4.69, 9.17) is 4.98 Å². The molecule has 0 aromatic carbocycles. The summed E-state index contributed by atoms with van der Waals surface area (Å²) in [7, 11) is 0. The lowest BCUT2D eigenvalue weighted by Gasteiger charge is -2.24. The van der Waals surface area contributed by atoms with Gasteiger partial charge in [0.2, 0.25) is 6.43 Å². The van der Waals surface area contributed by atoms with Crippen LogP contribution in [0.5, 0.6) is 0 Å². The molecule has 1 unspecified atom stereocenters. The molecular formula is C23H31BrF2N6O2. The van der Waals surface area contributed by atoms with Crippen molar-refractivity contribution in [3.05, 3.63) is 40.4 Å². The van der Waals surface area contributed by atoms with Crippen LogP contribution in [-0.4, -0.2) is 69.6 Å². The first-order chi connectivity index (χ1) is 16.4. The molecule has 1 atom stereocenters. The minimum Gasteiger partial charge on any atom is -0.480 e. The van der Waals surface area contributed by atoms with Gasteiger partial charge in [0.15, 0.2) is 0 Å². The van der Waals surface area contributed by atoms with Crippen molar-refractivity contribution in [2.45, 2.75) is 57.4 Å². The number of aliphatic carboxylic acids is 1. The highest BCUT2D eigenvalue weighted by Crippen LogP contribution is 2.21. The molecule has 2 aromatic heterocycles. The summed E-state index contributed by atoms with van der Waals surface area (Å²) in [5, 5.41) is 15.8. The molecule has 34 heavy (non-hydrogen) atoms. The summed E-state index contributed by atoms with van der Waals surface area (Å²) >= 11 is 3.29. The Bertz CT molecular complexity index is 936. The molecule has 1 aliphatic rings. The fourth-order valence-electron chi connectivity index (χ4n) is 3.92. The van der Waals surface area contributed by atoms with Crippen LogP contribution >= 0.6 is 15.9 Å². The van der Waals surface area contributed by atoms with E-state index in [0.29, 0.717) is 23.4 Å². The van der Waals surface area contributed by atoms with E-state index in [1.807, 2.05) is 4.90 Å². The highest BCUT2D eigenvalue weighted by molar-refractivity contribution is 9.10. The number of hydrogen-bond donors (Lipinski definition) is 3. The second-order valence-corrected chi connectivity index (χ2v) is 9.22. The fraction of sp³-hybridized carbons (Fsp3) is 0.565. The average molecular weight is 541 g/mol. The zero-order valence-corrected chi connectivity index (χ0v) is 20.6. The molecule has 186 valence electrons. The van der Waals surface area contributed by atoms with Crippen LogP contribution in [0.4, 0.5) is 20.4 Å². The number of pyridine rings is 1. The quantitative estimate of drug-likeness (QED) is 0.306. The first kappa shape index (κ1) is 26.2. The van der Waals surface area contributed by atoms with Crippen molar-refractivity contribution in [1.29, 1.82) is 0 Å². The summed E-state index contributed by atoms with van der Waals surface area (Å²) in [5.41, 5.74) is 2.28. The van der Waals surface area contributed by atoms with E-state index < -0.39 is 18.4 Å². The van der Waals surface area contributed by atoms with Gasteiger partial charge < -0.3 is 20.6 Å². The van der Waals surface area contributed by atoms with Crippen LogP contribution in [0, 0.1) is 0 Å². The first-order valence-electron chi connectivity index (χ1n) is 11.6. The molecule has 0 spiro atoms. The maximum atomic E-state index is 12.8. The summed E-state index contributed by atoms with van der Waals surface area (Å²) in [6.07, 6.45) is 5.17. The lowest BCUT2D eigenvalue weighted by Crippen LogP contribution is -2.36. The number of aromatic nitrogens is 3. The van der Waals surface area contributed by atoms with Crippen molar-refractivity contribution >= 4 is 33.5 Å². The molecule has 1 aliphatic heterocycles. The van der Waals surface area contributed by atoms with Gasteiger partial charge >= 0.3 is 5.97 Å². The Hall–Kier alpha value is -2.40. The van der Waals surface area contributed by atoms with Gasteiger partial charge in [-0.3, -0.25) is 0 Å². The molecule has 11 heteroatoms. The molecule has 0 fully saturated rings. The van der Waals surface area contributed by atoms with E-state index in [9.17, 15) is 18.7 Å². The van der Waals surface area contributed by atoms with Gasteiger partial charge in [0.25, 0.3) is 0 Å². The lowest BCUT2D eigenvalue weighted by molar-refractivity contribution is -0.138. The van der Waals surface area contributed by atoms with Crippen molar-refractivity contribution in [2.75, 3.05) is 36.8 Å². The van der Waals surface area contributed by atoms with Gasteiger partial charge in [-0.15, -0.1) is 0 Å².